The molecule has 0 radical (unpaired) electrons. The van der Waals surface area contributed by atoms with Crippen molar-refractivity contribution >= 4 is 21.7 Å². The second-order valence-corrected chi connectivity index (χ2v) is 10.5. The highest BCUT2D eigenvalue weighted by Gasteiger charge is 2.24. The van der Waals surface area contributed by atoms with E-state index in [1.54, 1.807) is 6.07 Å². The highest BCUT2D eigenvalue weighted by molar-refractivity contribution is 5.93. The van der Waals surface area contributed by atoms with Gasteiger partial charge in [0.1, 0.15) is 17.8 Å². The van der Waals surface area contributed by atoms with Crippen LogP contribution in [0.4, 0.5) is 8.78 Å². The van der Waals surface area contributed by atoms with Gasteiger partial charge in [0.15, 0.2) is 11.6 Å². The van der Waals surface area contributed by atoms with Crippen molar-refractivity contribution in [3.8, 4) is 17.4 Å². The van der Waals surface area contributed by atoms with E-state index < -0.39 is 29.8 Å². The van der Waals surface area contributed by atoms with E-state index in [0.717, 1.165) is 55.7 Å². The molecule has 1 saturated heterocycles. The molecule has 2 atom stereocenters. The first-order chi connectivity index (χ1) is 20.1. The zero-order chi connectivity index (χ0) is 30.2. The molecule has 0 saturated carbocycles. The monoisotopic (exact) mass is 552 g/mol. The number of halogens is 2. The van der Waals surface area contributed by atoms with Gasteiger partial charge in [-0.25, -0.2) is 8.78 Å². The third-order valence-corrected chi connectivity index (χ3v) is 7.84. The third kappa shape index (κ3) is 5.39. The first-order valence-corrected chi connectivity index (χ1v) is 14.0. The van der Waals surface area contributed by atoms with Crippen molar-refractivity contribution in [1.82, 2.24) is 19.4 Å². The van der Waals surface area contributed by atoms with Crippen molar-refractivity contribution in [2.75, 3.05) is 20.2 Å². The normalized spacial score (nSPS) is 17.8. The molecule has 0 amide bonds. The van der Waals surface area contributed by atoms with Gasteiger partial charge in [-0.3, -0.25) is 9.36 Å². The number of hydrogen-bond donors (Lipinski definition) is 1. The van der Waals surface area contributed by atoms with E-state index in [2.05, 4.69) is 16.9 Å². The molecule has 2 aromatic carbocycles. The maximum Gasteiger partial charge on any atom is 0.317 e. The fourth-order valence-electron chi connectivity index (χ4n) is 5.57. The standard InChI is InChI=1S/C31H36F2N4O3/c1-4-6-7-9-19(5-2)28-23-13-15-37(25-17-22(38)16-20-11-12-24(32)27(33)26(20)25)30(39)29(23)35-31(34-28)40-18-21-10-8-14-36(21)3/h11-13,15-17,19,21,38H,4-10,14,18H2,1-3H3/t19?,21-/m0/s1/i18D2. The van der Waals surface area contributed by atoms with Crippen LogP contribution in [0.3, 0.4) is 0 Å². The van der Waals surface area contributed by atoms with Crippen LogP contribution in [0.1, 0.15) is 73.1 Å². The Bertz CT molecular complexity index is 1680. The summed E-state index contributed by atoms with van der Waals surface area (Å²) in [6.45, 7) is 2.79. The third-order valence-electron chi connectivity index (χ3n) is 7.84. The largest absolute Gasteiger partial charge is 0.508 e. The van der Waals surface area contributed by atoms with Crippen LogP contribution in [0.25, 0.3) is 27.4 Å². The number of rotatable bonds is 10. The average Bonchev–Trinajstić information content (AvgIpc) is 3.40. The van der Waals surface area contributed by atoms with Crippen LogP contribution in [0, 0.1) is 11.6 Å². The van der Waals surface area contributed by atoms with Crippen LogP contribution < -0.4 is 10.3 Å². The molecule has 0 aliphatic carbocycles. The highest BCUT2D eigenvalue weighted by atomic mass is 19.2. The molecule has 2 aromatic heterocycles. The van der Waals surface area contributed by atoms with Crippen molar-refractivity contribution in [3.63, 3.8) is 0 Å². The van der Waals surface area contributed by atoms with Gasteiger partial charge in [-0.15, -0.1) is 0 Å². The molecule has 5 rings (SSSR count). The molecule has 1 aliphatic rings. The predicted molar refractivity (Wildman–Crippen MR) is 153 cm³/mol. The lowest BCUT2D eigenvalue weighted by atomic mass is 9.93. The van der Waals surface area contributed by atoms with Crippen molar-refractivity contribution in [3.05, 3.63) is 64.2 Å². The summed E-state index contributed by atoms with van der Waals surface area (Å²) in [6.07, 6.45) is 7.49. The molecule has 1 unspecified atom stereocenters. The minimum Gasteiger partial charge on any atom is -0.508 e. The molecule has 4 aromatic rings. The summed E-state index contributed by atoms with van der Waals surface area (Å²) in [4.78, 5) is 25.0. The fourth-order valence-corrected chi connectivity index (χ4v) is 5.57. The number of phenols is 1. The summed E-state index contributed by atoms with van der Waals surface area (Å²) in [7, 11) is 1.84. The number of unbranched alkanes of at least 4 members (excludes halogenated alkanes) is 2. The number of aromatic nitrogens is 3. The van der Waals surface area contributed by atoms with Crippen molar-refractivity contribution in [1.29, 1.82) is 0 Å². The van der Waals surface area contributed by atoms with Gasteiger partial charge in [-0.05, 0) is 62.9 Å². The summed E-state index contributed by atoms with van der Waals surface area (Å²) >= 11 is 0. The Balaban J connectivity index is 1.71. The number of phenolic OH excluding ortho intramolecular Hbond substituents is 1. The van der Waals surface area contributed by atoms with Gasteiger partial charge in [-0.1, -0.05) is 39.2 Å². The molecule has 0 spiro atoms. The molecule has 40 heavy (non-hydrogen) atoms. The number of likely N-dealkylation sites (tertiary alicyclic amines) is 1. The maximum absolute atomic E-state index is 15.1. The summed E-state index contributed by atoms with van der Waals surface area (Å²) in [5.74, 6) is -2.48. The number of benzene rings is 2. The average molecular weight is 553 g/mol. The first kappa shape index (κ1) is 25.4. The fraction of sp³-hybridized carbons (Fsp3) is 0.452. The van der Waals surface area contributed by atoms with Gasteiger partial charge < -0.3 is 14.7 Å². The smallest absolute Gasteiger partial charge is 0.317 e. The van der Waals surface area contributed by atoms with Gasteiger partial charge >= 0.3 is 6.01 Å². The number of ether oxygens (including phenoxy) is 1. The molecule has 1 aliphatic heterocycles. The Morgan fingerprint density at radius 3 is 2.75 bits per heavy atom. The lowest BCUT2D eigenvalue weighted by Crippen LogP contribution is -2.31. The first-order valence-electron chi connectivity index (χ1n) is 15.0. The molecular weight excluding hydrogens is 514 g/mol. The van der Waals surface area contributed by atoms with Crippen LogP contribution in [0.2, 0.25) is 0 Å². The molecule has 0 bridgehead atoms. The molecule has 3 heterocycles. The lowest BCUT2D eigenvalue weighted by Gasteiger charge is -2.21. The Morgan fingerprint density at radius 1 is 1.20 bits per heavy atom. The van der Waals surface area contributed by atoms with Crippen molar-refractivity contribution in [2.45, 2.75) is 70.8 Å². The van der Waals surface area contributed by atoms with Gasteiger partial charge in [-0.2, -0.15) is 9.97 Å². The number of pyridine rings is 1. The van der Waals surface area contributed by atoms with E-state index in [9.17, 15) is 14.3 Å². The van der Waals surface area contributed by atoms with Crippen LogP contribution in [-0.4, -0.2) is 50.7 Å². The van der Waals surface area contributed by atoms with Crippen LogP contribution in [0.5, 0.6) is 11.8 Å². The van der Waals surface area contributed by atoms with Gasteiger partial charge in [0.2, 0.25) is 0 Å². The van der Waals surface area contributed by atoms with Gasteiger partial charge in [0.05, 0.1) is 14.1 Å². The quantitative estimate of drug-likeness (QED) is 0.227. The number of nitrogens with zero attached hydrogens (tertiary/aromatic N) is 4. The van der Waals surface area contributed by atoms with E-state index in [-0.39, 0.29) is 39.7 Å². The lowest BCUT2D eigenvalue weighted by molar-refractivity contribution is 0.187. The summed E-state index contributed by atoms with van der Waals surface area (Å²) < 4.78 is 53.6. The highest BCUT2D eigenvalue weighted by Crippen LogP contribution is 2.33. The van der Waals surface area contributed by atoms with Crippen molar-refractivity contribution in [2.24, 2.45) is 0 Å². The van der Waals surface area contributed by atoms with Crippen LogP contribution in [-0.2, 0) is 0 Å². The minimum absolute atomic E-state index is 0.0321. The topological polar surface area (TPSA) is 80.5 Å². The Morgan fingerprint density at radius 2 is 2.02 bits per heavy atom. The molecule has 212 valence electrons. The van der Waals surface area contributed by atoms with E-state index in [4.69, 9.17) is 7.48 Å². The number of fused-ring (bicyclic) bond motifs is 2. The zero-order valence-electron chi connectivity index (χ0n) is 25.1. The van der Waals surface area contributed by atoms with Crippen LogP contribution in [0.15, 0.2) is 41.3 Å². The summed E-state index contributed by atoms with van der Waals surface area (Å²) in [6, 6.07) is 5.70. The van der Waals surface area contributed by atoms with Crippen molar-refractivity contribution < 1.29 is 21.4 Å². The second-order valence-electron chi connectivity index (χ2n) is 10.5. The number of likely N-dealkylation sites (N-methyl/N-ethyl adjacent to an activating group) is 1. The van der Waals surface area contributed by atoms with Gasteiger partial charge in [0, 0.05) is 35.0 Å². The summed E-state index contributed by atoms with van der Waals surface area (Å²) in [5.41, 5.74) is -0.144. The molecule has 1 N–H and O–H groups in total. The van der Waals surface area contributed by atoms with E-state index in [1.807, 2.05) is 18.9 Å². The van der Waals surface area contributed by atoms with Gasteiger partial charge in [0.25, 0.3) is 5.56 Å². The summed E-state index contributed by atoms with van der Waals surface area (Å²) in [5, 5.41) is 10.9. The molecule has 1 fully saturated rings. The predicted octanol–water partition coefficient (Wildman–Crippen LogP) is 6.46. The maximum atomic E-state index is 15.1. The number of aromatic hydroxyl groups is 1. The van der Waals surface area contributed by atoms with Crippen LogP contribution >= 0.6 is 0 Å². The Hall–Kier alpha value is -3.59. The van der Waals surface area contributed by atoms with E-state index in [1.165, 1.54) is 24.4 Å². The number of hydrogen-bond acceptors (Lipinski definition) is 6. The van der Waals surface area contributed by atoms with E-state index in [0.29, 0.717) is 17.5 Å². The Labute approximate surface area is 235 Å². The molecule has 9 heteroatoms. The minimum atomic E-state index is -2.12. The SMILES string of the molecule is [2H]C([2H])(Oc1nc(C(CC)CCCCC)c2ccn(-c3cc(O)cc4ccc(F)c(F)c34)c(=O)c2n1)[C@@H]1CCCN1C. The molecular formula is C31H36F2N4O3. The van der Waals surface area contributed by atoms with E-state index >= 15 is 4.39 Å². The second kappa shape index (κ2) is 11.9. The molecule has 7 nitrogen and oxygen atoms in total. The zero-order valence-corrected chi connectivity index (χ0v) is 23.1. The Kier molecular flexibility index (Phi) is 7.54.